The van der Waals surface area contributed by atoms with E-state index in [9.17, 15) is 9.59 Å². The molecule has 1 heterocycles. The Labute approximate surface area is 137 Å². The van der Waals surface area contributed by atoms with Gasteiger partial charge in [-0.1, -0.05) is 29.8 Å². The molecule has 6 nitrogen and oxygen atoms in total. The molecule has 0 unspecified atom stereocenters. The van der Waals surface area contributed by atoms with Crippen LogP contribution in [0.15, 0.2) is 24.3 Å². The molecule has 0 aromatic heterocycles. The second-order valence-corrected chi connectivity index (χ2v) is 6.06. The standard InChI is InChI=1S/C17H25N3O3/c1-13-5-7-14(8-6-13)15(18(2)3)16(21)19-9-11-20(12-10-19)17(22)23-4/h5-8,15H,9-12H2,1-4H3/t15-/m1/s1. The first-order chi connectivity index (χ1) is 10.9. The van der Waals surface area contributed by atoms with Crippen LogP contribution in [0, 0.1) is 6.92 Å². The first-order valence-corrected chi connectivity index (χ1v) is 7.78. The number of aryl methyl sites for hydroxylation is 1. The molecule has 1 aliphatic heterocycles. The number of carbonyl (C=O) groups is 2. The van der Waals surface area contributed by atoms with Gasteiger partial charge in [0.15, 0.2) is 0 Å². The van der Waals surface area contributed by atoms with Crippen LogP contribution in [0.1, 0.15) is 17.2 Å². The molecule has 0 radical (unpaired) electrons. The van der Waals surface area contributed by atoms with Gasteiger partial charge >= 0.3 is 6.09 Å². The minimum absolute atomic E-state index is 0.0726. The van der Waals surface area contributed by atoms with E-state index in [1.165, 1.54) is 12.7 Å². The van der Waals surface area contributed by atoms with Gasteiger partial charge in [-0.15, -0.1) is 0 Å². The van der Waals surface area contributed by atoms with Crippen LogP contribution < -0.4 is 0 Å². The molecule has 0 spiro atoms. The summed E-state index contributed by atoms with van der Waals surface area (Å²) < 4.78 is 4.73. The Morgan fingerprint density at radius 1 is 1.04 bits per heavy atom. The summed E-state index contributed by atoms with van der Waals surface area (Å²) in [6.07, 6.45) is -0.334. The minimum Gasteiger partial charge on any atom is -0.453 e. The van der Waals surface area contributed by atoms with E-state index in [0.29, 0.717) is 26.2 Å². The predicted octanol–water partition coefficient (Wildman–Crippen LogP) is 1.51. The van der Waals surface area contributed by atoms with E-state index in [2.05, 4.69) is 0 Å². The molecule has 23 heavy (non-hydrogen) atoms. The van der Waals surface area contributed by atoms with Crippen LogP contribution in [0.25, 0.3) is 0 Å². The smallest absolute Gasteiger partial charge is 0.409 e. The first-order valence-electron chi connectivity index (χ1n) is 7.78. The van der Waals surface area contributed by atoms with Crippen LogP contribution in [0.3, 0.4) is 0 Å². The largest absolute Gasteiger partial charge is 0.453 e. The van der Waals surface area contributed by atoms with E-state index in [-0.39, 0.29) is 18.0 Å². The van der Waals surface area contributed by atoms with Gasteiger partial charge in [0, 0.05) is 26.2 Å². The van der Waals surface area contributed by atoms with Crippen LogP contribution in [0.4, 0.5) is 4.79 Å². The van der Waals surface area contributed by atoms with E-state index in [1.54, 1.807) is 4.90 Å². The Bertz CT molecular complexity index is 549. The lowest BCUT2D eigenvalue weighted by atomic mass is 10.0. The van der Waals surface area contributed by atoms with Crippen molar-refractivity contribution in [1.82, 2.24) is 14.7 Å². The number of benzene rings is 1. The molecule has 1 aromatic carbocycles. The van der Waals surface area contributed by atoms with Crippen LogP contribution in [0.2, 0.25) is 0 Å². The SMILES string of the molecule is COC(=O)N1CCN(C(=O)[C@@H](c2ccc(C)cc2)N(C)C)CC1. The highest BCUT2D eigenvalue weighted by Gasteiger charge is 2.31. The number of hydrogen-bond acceptors (Lipinski definition) is 4. The topological polar surface area (TPSA) is 53.1 Å². The van der Waals surface area contributed by atoms with Gasteiger partial charge in [-0.2, -0.15) is 0 Å². The zero-order valence-corrected chi connectivity index (χ0v) is 14.3. The molecule has 126 valence electrons. The van der Waals surface area contributed by atoms with E-state index < -0.39 is 0 Å². The molecule has 2 amide bonds. The van der Waals surface area contributed by atoms with Gasteiger partial charge in [0.1, 0.15) is 6.04 Å². The van der Waals surface area contributed by atoms with E-state index in [4.69, 9.17) is 4.74 Å². The lowest BCUT2D eigenvalue weighted by Gasteiger charge is -2.37. The van der Waals surface area contributed by atoms with Gasteiger partial charge in [0.2, 0.25) is 5.91 Å². The van der Waals surface area contributed by atoms with Crippen molar-refractivity contribution in [1.29, 1.82) is 0 Å². The van der Waals surface area contributed by atoms with E-state index >= 15 is 0 Å². The van der Waals surface area contributed by atoms with Crippen molar-refractivity contribution in [2.24, 2.45) is 0 Å². The third kappa shape index (κ3) is 4.01. The molecule has 6 heteroatoms. The van der Waals surface area contributed by atoms with Gasteiger partial charge in [-0.3, -0.25) is 9.69 Å². The van der Waals surface area contributed by atoms with Crippen LogP contribution in [-0.4, -0.2) is 74.1 Å². The molecular formula is C17H25N3O3. The van der Waals surface area contributed by atoms with Crippen molar-refractivity contribution in [3.8, 4) is 0 Å². The Hall–Kier alpha value is -2.08. The normalized spacial score (nSPS) is 16.4. The lowest BCUT2D eigenvalue weighted by molar-refractivity contribution is -0.138. The van der Waals surface area contributed by atoms with Crippen molar-refractivity contribution in [2.75, 3.05) is 47.4 Å². The summed E-state index contributed by atoms with van der Waals surface area (Å²) in [6.45, 7) is 4.11. The van der Waals surface area contributed by atoms with Crippen molar-refractivity contribution in [2.45, 2.75) is 13.0 Å². The number of methoxy groups -OCH3 is 1. The van der Waals surface area contributed by atoms with Crippen molar-refractivity contribution >= 4 is 12.0 Å². The zero-order valence-electron chi connectivity index (χ0n) is 14.3. The minimum atomic E-state index is -0.334. The Morgan fingerprint density at radius 2 is 1.57 bits per heavy atom. The van der Waals surface area contributed by atoms with Crippen molar-refractivity contribution < 1.29 is 14.3 Å². The molecule has 1 fully saturated rings. The molecule has 0 saturated carbocycles. The summed E-state index contributed by atoms with van der Waals surface area (Å²) in [5, 5.41) is 0. The number of ether oxygens (including phenoxy) is 1. The highest BCUT2D eigenvalue weighted by molar-refractivity contribution is 5.83. The van der Waals surface area contributed by atoms with Gasteiger partial charge in [0.05, 0.1) is 7.11 Å². The highest BCUT2D eigenvalue weighted by atomic mass is 16.5. The molecule has 1 aromatic rings. The maximum absolute atomic E-state index is 12.9. The van der Waals surface area contributed by atoms with Gasteiger partial charge < -0.3 is 14.5 Å². The molecule has 1 atom stereocenters. The molecule has 1 aliphatic rings. The Balaban J connectivity index is 2.08. The maximum Gasteiger partial charge on any atom is 0.409 e. The van der Waals surface area contributed by atoms with Gasteiger partial charge in [-0.25, -0.2) is 4.79 Å². The van der Waals surface area contributed by atoms with Gasteiger partial charge in [-0.05, 0) is 26.6 Å². The summed E-state index contributed by atoms with van der Waals surface area (Å²) in [6, 6.07) is 7.74. The zero-order chi connectivity index (χ0) is 17.0. The molecule has 0 bridgehead atoms. The van der Waals surface area contributed by atoms with Crippen molar-refractivity contribution in [3.63, 3.8) is 0 Å². The Morgan fingerprint density at radius 3 is 2.04 bits per heavy atom. The fraction of sp³-hybridized carbons (Fsp3) is 0.529. The summed E-state index contributed by atoms with van der Waals surface area (Å²) in [4.78, 5) is 29.8. The van der Waals surface area contributed by atoms with Gasteiger partial charge in [0.25, 0.3) is 0 Å². The monoisotopic (exact) mass is 319 g/mol. The van der Waals surface area contributed by atoms with E-state index in [0.717, 1.165) is 5.56 Å². The quantitative estimate of drug-likeness (QED) is 0.847. The lowest BCUT2D eigenvalue weighted by Crippen LogP contribution is -2.52. The fourth-order valence-electron chi connectivity index (χ4n) is 2.82. The number of hydrogen-bond donors (Lipinski definition) is 0. The number of nitrogens with zero attached hydrogens (tertiary/aromatic N) is 3. The second kappa shape index (κ2) is 7.46. The summed E-state index contributed by atoms with van der Waals surface area (Å²) >= 11 is 0. The van der Waals surface area contributed by atoms with E-state index in [1.807, 2.05) is 55.1 Å². The molecule has 2 rings (SSSR count). The second-order valence-electron chi connectivity index (χ2n) is 6.06. The van der Waals surface area contributed by atoms with Crippen LogP contribution >= 0.6 is 0 Å². The fourth-order valence-corrected chi connectivity index (χ4v) is 2.82. The average Bonchev–Trinajstić information content (AvgIpc) is 2.56. The molecule has 0 N–H and O–H groups in total. The van der Waals surface area contributed by atoms with Crippen molar-refractivity contribution in [3.05, 3.63) is 35.4 Å². The number of piperazine rings is 1. The highest BCUT2D eigenvalue weighted by Crippen LogP contribution is 2.22. The predicted molar refractivity (Wildman–Crippen MR) is 88.2 cm³/mol. The molecular weight excluding hydrogens is 294 g/mol. The average molecular weight is 319 g/mol. The third-order valence-corrected chi connectivity index (χ3v) is 4.17. The summed E-state index contributed by atoms with van der Waals surface area (Å²) in [5.74, 6) is 0.0726. The number of amides is 2. The summed E-state index contributed by atoms with van der Waals surface area (Å²) in [5.41, 5.74) is 2.16. The number of likely N-dealkylation sites (N-methyl/N-ethyl adjacent to an activating group) is 1. The van der Waals surface area contributed by atoms with Crippen LogP contribution in [-0.2, 0) is 9.53 Å². The number of carbonyl (C=O) groups excluding carboxylic acids is 2. The molecule has 1 saturated heterocycles. The third-order valence-electron chi connectivity index (χ3n) is 4.17. The summed E-state index contributed by atoms with van der Waals surface area (Å²) in [7, 11) is 5.19. The Kier molecular flexibility index (Phi) is 5.60. The van der Waals surface area contributed by atoms with Crippen LogP contribution in [0.5, 0.6) is 0 Å². The maximum atomic E-state index is 12.9. The first kappa shape index (κ1) is 17.3. The molecule has 0 aliphatic carbocycles. The number of rotatable bonds is 3.